The summed E-state index contributed by atoms with van der Waals surface area (Å²) in [7, 11) is 0. The van der Waals surface area contributed by atoms with E-state index in [1.807, 2.05) is 24.3 Å². The molecule has 0 aliphatic heterocycles. The molecule has 2 rings (SSSR count). The Morgan fingerprint density at radius 3 is 2.71 bits per heavy atom. The monoisotopic (exact) mass is 290 g/mol. The van der Waals surface area contributed by atoms with Crippen LogP contribution in [0.4, 0.5) is 0 Å². The van der Waals surface area contributed by atoms with Crippen molar-refractivity contribution in [2.45, 2.75) is 45.6 Å². The van der Waals surface area contributed by atoms with Crippen LogP contribution in [-0.4, -0.2) is 19.1 Å². The van der Waals surface area contributed by atoms with Crippen molar-refractivity contribution in [1.29, 1.82) is 0 Å². The average Bonchev–Trinajstić information content (AvgIpc) is 2.52. The number of rotatable bonds is 6. The molecule has 1 aliphatic carbocycles. The van der Waals surface area contributed by atoms with Crippen LogP contribution in [0.2, 0.25) is 0 Å². The summed E-state index contributed by atoms with van der Waals surface area (Å²) < 4.78 is 5.57. The Labute approximate surface area is 127 Å². The third-order valence-electron chi connectivity index (χ3n) is 4.32. The highest BCUT2D eigenvalue weighted by Gasteiger charge is 2.27. The van der Waals surface area contributed by atoms with Gasteiger partial charge in [0.1, 0.15) is 5.75 Å². The SMILES string of the molecule is CC1(CNC(=O)COc2ccccc2CN)CCCCC1. The van der Waals surface area contributed by atoms with Gasteiger partial charge in [-0.15, -0.1) is 0 Å². The smallest absolute Gasteiger partial charge is 0.257 e. The van der Waals surface area contributed by atoms with E-state index >= 15 is 0 Å². The lowest BCUT2D eigenvalue weighted by atomic mass is 9.76. The highest BCUT2D eigenvalue weighted by Crippen LogP contribution is 2.34. The first-order chi connectivity index (χ1) is 10.1. The standard InChI is InChI=1S/C17H26N2O2/c1-17(9-5-2-6-10-17)13-19-16(20)12-21-15-8-4-3-7-14(15)11-18/h3-4,7-8H,2,5-6,9-13,18H2,1H3,(H,19,20). The average molecular weight is 290 g/mol. The fourth-order valence-electron chi connectivity index (χ4n) is 2.90. The highest BCUT2D eigenvalue weighted by atomic mass is 16.5. The number of para-hydroxylation sites is 1. The molecule has 0 spiro atoms. The Bertz CT molecular complexity index is 468. The van der Waals surface area contributed by atoms with Crippen LogP contribution in [0.5, 0.6) is 5.75 Å². The molecule has 0 atom stereocenters. The molecule has 0 saturated heterocycles. The lowest BCUT2D eigenvalue weighted by Crippen LogP contribution is -2.39. The van der Waals surface area contributed by atoms with Gasteiger partial charge < -0.3 is 15.8 Å². The van der Waals surface area contributed by atoms with Crippen molar-refractivity contribution < 1.29 is 9.53 Å². The minimum absolute atomic E-state index is 0.0487. The van der Waals surface area contributed by atoms with Gasteiger partial charge in [-0.25, -0.2) is 0 Å². The molecule has 0 heterocycles. The molecule has 21 heavy (non-hydrogen) atoms. The first kappa shape index (κ1) is 15.8. The summed E-state index contributed by atoms with van der Waals surface area (Å²) in [5.74, 6) is 0.632. The van der Waals surface area contributed by atoms with Gasteiger partial charge >= 0.3 is 0 Å². The van der Waals surface area contributed by atoms with E-state index in [2.05, 4.69) is 12.2 Å². The highest BCUT2D eigenvalue weighted by molar-refractivity contribution is 5.77. The number of carbonyl (C=O) groups is 1. The third-order valence-corrected chi connectivity index (χ3v) is 4.32. The van der Waals surface area contributed by atoms with Gasteiger partial charge in [-0.2, -0.15) is 0 Å². The summed E-state index contributed by atoms with van der Waals surface area (Å²) in [6, 6.07) is 7.56. The van der Waals surface area contributed by atoms with Crippen LogP contribution in [0, 0.1) is 5.41 Å². The zero-order valence-electron chi connectivity index (χ0n) is 12.9. The van der Waals surface area contributed by atoms with Crippen molar-refractivity contribution in [2.75, 3.05) is 13.2 Å². The topological polar surface area (TPSA) is 64.3 Å². The van der Waals surface area contributed by atoms with Crippen molar-refractivity contribution in [2.24, 2.45) is 11.1 Å². The first-order valence-corrected chi connectivity index (χ1v) is 7.80. The fraction of sp³-hybridized carbons (Fsp3) is 0.588. The van der Waals surface area contributed by atoms with Crippen LogP contribution < -0.4 is 15.8 Å². The fourth-order valence-corrected chi connectivity index (χ4v) is 2.90. The van der Waals surface area contributed by atoms with Gasteiger partial charge in [0.2, 0.25) is 0 Å². The number of benzene rings is 1. The summed E-state index contributed by atoms with van der Waals surface area (Å²) in [6.45, 7) is 3.47. The quantitative estimate of drug-likeness (QED) is 0.846. The van der Waals surface area contributed by atoms with Crippen LogP contribution >= 0.6 is 0 Å². The molecule has 3 N–H and O–H groups in total. The molecule has 0 unspecified atom stereocenters. The van der Waals surface area contributed by atoms with Crippen LogP contribution in [0.15, 0.2) is 24.3 Å². The third kappa shape index (κ3) is 4.74. The minimum atomic E-state index is -0.0615. The number of ether oxygens (including phenoxy) is 1. The van der Waals surface area contributed by atoms with Crippen molar-refractivity contribution in [3.8, 4) is 5.75 Å². The van der Waals surface area contributed by atoms with Crippen molar-refractivity contribution >= 4 is 5.91 Å². The number of nitrogens with two attached hydrogens (primary N) is 1. The van der Waals surface area contributed by atoms with Crippen molar-refractivity contribution in [3.63, 3.8) is 0 Å². The predicted octanol–water partition coefficient (Wildman–Crippen LogP) is 2.61. The maximum atomic E-state index is 11.9. The normalized spacial score (nSPS) is 17.2. The number of hydrogen-bond acceptors (Lipinski definition) is 3. The number of nitrogens with one attached hydrogen (secondary N) is 1. The van der Waals surface area contributed by atoms with E-state index < -0.39 is 0 Å². The van der Waals surface area contributed by atoms with E-state index in [9.17, 15) is 4.79 Å². The Balaban J connectivity index is 1.77. The number of carbonyl (C=O) groups excluding carboxylic acids is 1. The van der Waals surface area contributed by atoms with Gasteiger partial charge in [0.05, 0.1) is 0 Å². The van der Waals surface area contributed by atoms with Gasteiger partial charge in [-0.3, -0.25) is 4.79 Å². The second-order valence-electron chi connectivity index (χ2n) is 6.25. The van der Waals surface area contributed by atoms with E-state index in [1.54, 1.807) is 0 Å². The first-order valence-electron chi connectivity index (χ1n) is 7.80. The molecule has 4 heteroatoms. The van der Waals surface area contributed by atoms with Crippen LogP contribution in [-0.2, 0) is 11.3 Å². The zero-order chi connectivity index (χ0) is 15.1. The Morgan fingerprint density at radius 1 is 1.29 bits per heavy atom. The largest absolute Gasteiger partial charge is 0.483 e. The van der Waals surface area contributed by atoms with E-state index in [4.69, 9.17) is 10.5 Å². The van der Waals surface area contributed by atoms with Gasteiger partial charge in [-0.1, -0.05) is 44.4 Å². The van der Waals surface area contributed by atoms with Crippen molar-refractivity contribution in [3.05, 3.63) is 29.8 Å². The maximum Gasteiger partial charge on any atom is 0.257 e. The van der Waals surface area contributed by atoms with Crippen LogP contribution in [0.1, 0.15) is 44.6 Å². The molecular formula is C17H26N2O2. The summed E-state index contributed by atoms with van der Waals surface area (Å²) in [5.41, 5.74) is 6.82. The predicted molar refractivity (Wildman–Crippen MR) is 84.0 cm³/mol. The molecule has 1 amide bonds. The lowest BCUT2D eigenvalue weighted by molar-refractivity contribution is -0.123. The molecule has 1 aliphatic rings. The molecule has 1 aromatic carbocycles. The summed E-state index contributed by atoms with van der Waals surface area (Å²) in [6.07, 6.45) is 6.26. The van der Waals surface area contributed by atoms with Crippen LogP contribution in [0.25, 0.3) is 0 Å². The Hall–Kier alpha value is -1.55. The Kier molecular flexibility index (Phi) is 5.62. The molecule has 1 saturated carbocycles. The van der Waals surface area contributed by atoms with Crippen LogP contribution in [0.3, 0.4) is 0 Å². The molecule has 4 nitrogen and oxygen atoms in total. The molecule has 1 aromatic rings. The minimum Gasteiger partial charge on any atom is -0.483 e. The van der Waals surface area contributed by atoms with E-state index in [0.717, 1.165) is 12.1 Å². The van der Waals surface area contributed by atoms with E-state index in [1.165, 1.54) is 32.1 Å². The molecular weight excluding hydrogens is 264 g/mol. The van der Waals surface area contributed by atoms with Gasteiger partial charge in [-0.05, 0) is 24.3 Å². The van der Waals surface area contributed by atoms with Gasteiger partial charge in [0.15, 0.2) is 6.61 Å². The number of hydrogen-bond donors (Lipinski definition) is 2. The second kappa shape index (κ2) is 7.46. The van der Waals surface area contributed by atoms with Gasteiger partial charge in [0.25, 0.3) is 5.91 Å². The van der Waals surface area contributed by atoms with Gasteiger partial charge in [0, 0.05) is 18.7 Å². The molecule has 0 aromatic heterocycles. The second-order valence-corrected chi connectivity index (χ2v) is 6.25. The number of amides is 1. The van der Waals surface area contributed by atoms with E-state index in [-0.39, 0.29) is 17.9 Å². The van der Waals surface area contributed by atoms with Crippen molar-refractivity contribution in [1.82, 2.24) is 5.32 Å². The molecule has 0 bridgehead atoms. The molecule has 116 valence electrons. The summed E-state index contributed by atoms with van der Waals surface area (Å²) >= 11 is 0. The molecule has 1 fully saturated rings. The summed E-state index contributed by atoms with van der Waals surface area (Å²) in [4.78, 5) is 11.9. The zero-order valence-corrected chi connectivity index (χ0v) is 12.9. The molecule has 0 radical (unpaired) electrons. The maximum absolute atomic E-state index is 11.9. The lowest BCUT2D eigenvalue weighted by Gasteiger charge is -2.33. The van der Waals surface area contributed by atoms with E-state index in [0.29, 0.717) is 12.3 Å². The Morgan fingerprint density at radius 2 is 2.00 bits per heavy atom. The summed E-state index contributed by atoms with van der Waals surface area (Å²) in [5, 5.41) is 3.01.